The monoisotopic (exact) mass is 240 g/mol. The lowest BCUT2D eigenvalue weighted by atomic mass is 10.1. The Labute approximate surface area is 103 Å². The van der Waals surface area contributed by atoms with Crippen LogP contribution in [0.3, 0.4) is 0 Å². The summed E-state index contributed by atoms with van der Waals surface area (Å²) in [6.45, 7) is 2.58. The number of nitrogens with zero attached hydrogens (tertiary/aromatic N) is 1. The number of hydrogen-bond acceptors (Lipinski definition) is 3. The number of hydrogen-bond donors (Lipinski definition) is 2. The molecule has 2 aliphatic rings. The highest BCUT2D eigenvalue weighted by molar-refractivity contribution is 5.76. The summed E-state index contributed by atoms with van der Waals surface area (Å²) in [6.07, 6.45) is 6.97. The van der Waals surface area contributed by atoms with Gasteiger partial charge in [0.2, 0.25) is 5.91 Å². The van der Waals surface area contributed by atoms with Crippen LogP contribution < -0.4 is 5.32 Å². The first-order valence-electron chi connectivity index (χ1n) is 6.96. The van der Waals surface area contributed by atoms with Crippen molar-refractivity contribution >= 4 is 5.91 Å². The molecule has 2 atom stereocenters. The SMILES string of the molecule is O=C(CCN[C@@H]1CCC[C@H]1O)N1CCCCC1. The Kier molecular flexibility index (Phi) is 4.80. The smallest absolute Gasteiger partial charge is 0.223 e. The Morgan fingerprint density at radius 3 is 2.59 bits per heavy atom. The van der Waals surface area contributed by atoms with Crippen LogP contribution in [0.5, 0.6) is 0 Å². The van der Waals surface area contributed by atoms with E-state index in [-0.39, 0.29) is 18.1 Å². The Hall–Kier alpha value is -0.610. The molecule has 1 saturated heterocycles. The summed E-state index contributed by atoms with van der Waals surface area (Å²) >= 11 is 0. The molecule has 0 aromatic heterocycles. The average molecular weight is 240 g/mol. The molecule has 4 nitrogen and oxygen atoms in total. The van der Waals surface area contributed by atoms with Gasteiger partial charge in [-0.15, -0.1) is 0 Å². The predicted molar refractivity (Wildman–Crippen MR) is 66.7 cm³/mol. The summed E-state index contributed by atoms with van der Waals surface area (Å²) in [4.78, 5) is 13.9. The van der Waals surface area contributed by atoms with E-state index >= 15 is 0 Å². The molecule has 0 aromatic carbocycles. The van der Waals surface area contributed by atoms with Crippen LogP contribution in [0, 0.1) is 0 Å². The molecule has 17 heavy (non-hydrogen) atoms. The number of piperidine rings is 1. The lowest BCUT2D eigenvalue weighted by molar-refractivity contribution is -0.132. The van der Waals surface area contributed by atoms with E-state index in [1.54, 1.807) is 0 Å². The van der Waals surface area contributed by atoms with Gasteiger partial charge in [-0.1, -0.05) is 0 Å². The molecule has 0 radical (unpaired) electrons. The highest BCUT2D eigenvalue weighted by Gasteiger charge is 2.24. The minimum Gasteiger partial charge on any atom is -0.392 e. The summed E-state index contributed by atoms with van der Waals surface area (Å²) in [5, 5.41) is 12.9. The van der Waals surface area contributed by atoms with E-state index in [1.807, 2.05) is 4.90 Å². The summed E-state index contributed by atoms with van der Waals surface area (Å²) in [5.41, 5.74) is 0. The maximum Gasteiger partial charge on any atom is 0.223 e. The lowest BCUT2D eigenvalue weighted by Crippen LogP contribution is -2.40. The van der Waals surface area contributed by atoms with Crippen molar-refractivity contribution in [2.75, 3.05) is 19.6 Å². The maximum absolute atomic E-state index is 11.9. The molecule has 98 valence electrons. The van der Waals surface area contributed by atoms with E-state index in [0.717, 1.165) is 45.2 Å². The Morgan fingerprint density at radius 2 is 1.94 bits per heavy atom. The topological polar surface area (TPSA) is 52.6 Å². The third kappa shape index (κ3) is 3.68. The summed E-state index contributed by atoms with van der Waals surface area (Å²) in [7, 11) is 0. The van der Waals surface area contributed by atoms with Gasteiger partial charge >= 0.3 is 0 Å². The van der Waals surface area contributed by atoms with E-state index < -0.39 is 0 Å². The Morgan fingerprint density at radius 1 is 1.18 bits per heavy atom. The molecule has 2 rings (SSSR count). The van der Waals surface area contributed by atoms with Crippen molar-refractivity contribution in [3.8, 4) is 0 Å². The highest BCUT2D eigenvalue weighted by Crippen LogP contribution is 2.18. The molecule has 1 aliphatic heterocycles. The normalized spacial score (nSPS) is 29.6. The van der Waals surface area contributed by atoms with Gasteiger partial charge in [0.05, 0.1) is 6.10 Å². The van der Waals surface area contributed by atoms with Crippen LogP contribution >= 0.6 is 0 Å². The molecule has 2 fully saturated rings. The summed E-state index contributed by atoms with van der Waals surface area (Å²) in [5.74, 6) is 0.268. The van der Waals surface area contributed by atoms with Gasteiger partial charge in [0, 0.05) is 32.1 Å². The van der Waals surface area contributed by atoms with Crippen molar-refractivity contribution in [1.29, 1.82) is 0 Å². The van der Waals surface area contributed by atoms with E-state index in [1.165, 1.54) is 6.42 Å². The molecule has 2 N–H and O–H groups in total. The van der Waals surface area contributed by atoms with Crippen LogP contribution in [0.2, 0.25) is 0 Å². The Balaban J connectivity index is 1.62. The van der Waals surface area contributed by atoms with E-state index in [4.69, 9.17) is 0 Å². The van der Waals surface area contributed by atoms with Gasteiger partial charge in [0.15, 0.2) is 0 Å². The molecule has 1 heterocycles. The third-order valence-electron chi connectivity index (χ3n) is 3.93. The molecular weight excluding hydrogens is 216 g/mol. The molecule has 1 amide bonds. The van der Waals surface area contributed by atoms with Crippen LogP contribution in [-0.4, -0.2) is 47.7 Å². The van der Waals surface area contributed by atoms with Gasteiger partial charge in [-0.2, -0.15) is 0 Å². The van der Waals surface area contributed by atoms with Crippen LogP contribution in [0.4, 0.5) is 0 Å². The molecular formula is C13H24N2O2. The van der Waals surface area contributed by atoms with Crippen LogP contribution in [-0.2, 0) is 4.79 Å². The third-order valence-corrected chi connectivity index (χ3v) is 3.93. The number of carbonyl (C=O) groups is 1. The number of rotatable bonds is 4. The van der Waals surface area contributed by atoms with Gasteiger partial charge in [-0.05, 0) is 38.5 Å². The van der Waals surface area contributed by atoms with Gasteiger partial charge < -0.3 is 15.3 Å². The molecule has 1 saturated carbocycles. The van der Waals surface area contributed by atoms with Crippen LogP contribution in [0.15, 0.2) is 0 Å². The molecule has 0 aromatic rings. The number of likely N-dealkylation sites (tertiary alicyclic amines) is 1. The number of carbonyl (C=O) groups excluding carboxylic acids is 1. The molecule has 0 unspecified atom stereocenters. The average Bonchev–Trinajstić information content (AvgIpc) is 2.76. The molecule has 0 bridgehead atoms. The first-order valence-corrected chi connectivity index (χ1v) is 6.96. The maximum atomic E-state index is 11.9. The zero-order chi connectivity index (χ0) is 12.1. The lowest BCUT2D eigenvalue weighted by Gasteiger charge is -2.27. The minimum atomic E-state index is -0.208. The molecule has 4 heteroatoms. The van der Waals surface area contributed by atoms with Crippen molar-refractivity contribution in [3.63, 3.8) is 0 Å². The van der Waals surface area contributed by atoms with Gasteiger partial charge in [-0.25, -0.2) is 0 Å². The van der Waals surface area contributed by atoms with E-state index in [0.29, 0.717) is 13.0 Å². The number of aliphatic hydroxyl groups excluding tert-OH is 1. The van der Waals surface area contributed by atoms with Gasteiger partial charge in [-0.3, -0.25) is 4.79 Å². The van der Waals surface area contributed by atoms with Crippen molar-refractivity contribution in [2.24, 2.45) is 0 Å². The largest absolute Gasteiger partial charge is 0.392 e. The zero-order valence-corrected chi connectivity index (χ0v) is 10.5. The summed E-state index contributed by atoms with van der Waals surface area (Å²) < 4.78 is 0. The van der Waals surface area contributed by atoms with Gasteiger partial charge in [0.1, 0.15) is 0 Å². The number of nitrogens with one attached hydrogen (secondary N) is 1. The van der Waals surface area contributed by atoms with Crippen LogP contribution in [0.25, 0.3) is 0 Å². The van der Waals surface area contributed by atoms with Crippen molar-refractivity contribution in [3.05, 3.63) is 0 Å². The molecule has 1 aliphatic carbocycles. The fraction of sp³-hybridized carbons (Fsp3) is 0.923. The molecule has 0 spiro atoms. The number of amides is 1. The number of aliphatic hydroxyl groups is 1. The first kappa shape index (κ1) is 12.8. The fourth-order valence-corrected chi connectivity index (χ4v) is 2.84. The van der Waals surface area contributed by atoms with Crippen molar-refractivity contribution in [1.82, 2.24) is 10.2 Å². The van der Waals surface area contributed by atoms with Crippen LogP contribution in [0.1, 0.15) is 44.9 Å². The highest BCUT2D eigenvalue weighted by atomic mass is 16.3. The first-order chi connectivity index (χ1) is 8.27. The predicted octanol–water partition coefficient (Wildman–Crippen LogP) is 0.892. The Bertz CT molecular complexity index is 252. The fourth-order valence-electron chi connectivity index (χ4n) is 2.84. The standard InChI is InChI=1S/C13H24N2O2/c16-12-6-4-5-11(12)14-8-7-13(17)15-9-2-1-3-10-15/h11-12,14,16H,1-10H2/t11-,12-/m1/s1. The van der Waals surface area contributed by atoms with Crippen molar-refractivity contribution in [2.45, 2.75) is 57.1 Å². The zero-order valence-electron chi connectivity index (χ0n) is 10.5. The van der Waals surface area contributed by atoms with Gasteiger partial charge in [0.25, 0.3) is 0 Å². The van der Waals surface area contributed by atoms with E-state index in [9.17, 15) is 9.90 Å². The second-order valence-electron chi connectivity index (χ2n) is 5.25. The minimum absolute atomic E-state index is 0.208. The van der Waals surface area contributed by atoms with Crippen molar-refractivity contribution < 1.29 is 9.90 Å². The quantitative estimate of drug-likeness (QED) is 0.767. The second-order valence-corrected chi connectivity index (χ2v) is 5.25. The second kappa shape index (κ2) is 6.36. The van der Waals surface area contributed by atoms with E-state index in [2.05, 4.69) is 5.32 Å². The summed E-state index contributed by atoms with van der Waals surface area (Å²) in [6, 6.07) is 0.212.